The van der Waals surface area contributed by atoms with Crippen LogP contribution < -0.4 is 11.1 Å². The lowest BCUT2D eigenvalue weighted by atomic mass is 9.86. The van der Waals surface area contributed by atoms with Crippen molar-refractivity contribution in [1.29, 1.82) is 0 Å². The van der Waals surface area contributed by atoms with Gasteiger partial charge in [0.15, 0.2) is 0 Å². The first-order chi connectivity index (χ1) is 9.97. The highest BCUT2D eigenvalue weighted by atomic mass is 16.2. The highest BCUT2D eigenvalue weighted by Crippen LogP contribution is 2.27. The number of likely N-dealkylation sites (N-methyl/N-ethyl adjacent to an activating group) is 1. The molecule has 1 unspecified atom stereocenters. The molecule has 0 aromatic heterocycles. The molecule has 21 heavy (non-hydrogen) atoms. The van der Waals surface area contributed by atoms with E-state index in [0.717, 1.165) is 11.6 Å². The summed E-state index contributed by atoms with van der Waals surface area (Å²) in [7, 11) is 2.06. The van der Waals surface area contributed by atoms with E-state index in [2.05, 4.69) is 24.2 Å². The summed E-state index contributed by atoms with van der Waals surface area (Å²) in [6.07, 6.45) is 4.90. The van der Waals surface area contributed by atoms with Gasteiger partial charge < -0.3 is 11.1 Å². The van der Waals surface area contributed by atoms with Gasteiger partial charge in [-0.2, -0.15) is 0 Å². The molecule has 4 heteroatoms. The lowest BCUT2D eigenvalue weighted by molar-refractivity contribution is -0.121. The fraction of sp³-hybridized carbons (Fsp3) is 0.588. The van der Waals surface area contributed by atoms with E-state index in [-0.39, 0.29) is 11.9 Å². The SMILES string of the molecule is CC1CCC(N(C)C(C)C(=O)Nc2cccc(N)c2)CC1. The average Bonchev–Trinajstić information content (AvgIpc) is 2.46. The van der Waals surface area contributed by atoms with Crippen LogP contribution in [0.3, 0.4) is 0 Å². The molecule has 1 aromatic rings. The minimum absolute atomic E-state index is 0.0294. The molecule has 0 spiro atoms. The number of nitrogens with zero attached hydrogens (tertiary/aromatic N) is 1. The van der Waals surface area contributed by atoms with E-state index in [1.807, 2.05) is 25.1 Å². The molecule has 0 aliphatic heterocycles. The molecule has 1 aromatic carbocycles. The molecule has 2 rings (SSSR count). The van der Waals surface area contributed by atoms with Gasteiger partial charge in [0, 0.05) is 17.4 Å². The lowest BCUT2D eigenvalue weighted by Gasteiger charge is -2.36. The van der Waals surface area contributed by atoms with Crippen molar-refractivity contribution in [2.24, 2.45) is 5.92 Å². The Morgan fingerprint density at radius 1 is 1.33 bits per heavy atom. The van der Waals surface area contributed by atoms with Crippen LogP contribution in [0.15, 0.2) is 24.3 Å². The summed E-state index contributed by atoms with van der Waals surface area (Å²) >= 11 is 0. The Kier molecular flexibility index (Phi) is 5.23. The Bertz CT molecular complexity index is 481. The smallest absolute Gasteiger partial charge is 0.241 e. The van der Waals surface area contributed by atoms with Gasteiger partial charge in [0.05, 0.1) is 6.04 Å². The number of carbonyl (C=O) groups is 1. The lowest BCUT2D eigenvalue weighted by Crippen LogP contribution is -2.46. The second-order valence-corrected chi connectivity index (χ2v) is 6.37. The molecule has 1 amide bonds. The van der Waals surface area contributed by atoms with Crippen LogP contribution in [-0.2, 0) is 4.79 Å². The molecule has 0 heterocycles. The van der Waals surface area contributed by atoms with Crippen LogP contribution in [0, 0.1) is 5.92 Å². The van der Waals surface area contributed by atoms with E-state index < -0.39 is 0 Å². The van der Waals surface area contributed by atoms with E-state index in [9.17, 15) is 4.79 Å². The van der Waals surface area contributed by atoms with Crippen LogP contribution in [0.4, 0.5) is 11.4 Å². The van der Waals surface area contributed by atoms with Gasteiger partial charge in [0.1, 0.15) is 0 Å². The largest absolute Gasteiger partial charge is 0.399 e. The topological polar surface area (TPSA) is 58.4 Å². The minimum atomic E-state index is -0.134. The fourth-order valence-electron chi connectivity index (χ4n) is 3.01. The molecule has 1 fully saturated rings. The highest BCUT2D eigenvalue weighted by molar-refractivity contribution is 5.94. The zero-order chi connectivity index (χ0) is 15.4. The first-order valence-corrected chi connectivity index (χ1v) is 7.85. The first kappa shape index (κ1) is 15.8. The summed E-state index contributed by atoms with van der Waals surface area (Å²) < 4.78 is 0. The molecule has 0 bridgehead atoms. The Labute approximate surface area is 127 Å². The molecule has 1 atom stereocenters. The first-order valence-electron chi connectivity index (χ1n) is 7.85. The predicted molar refractivity (Wildman–Crippen MR) is 88.1 cm³/mol. The Balaban J connectivity index is 1.92. The van der Waals surface area contributed by atoms with Crippen molar-refractivity contribution in [2.45, 2.75) is 51.6 Å². The molecule has 0 radical (unpaired) electrons. The van der Waals surface area contributed by atoms with Gasteiger partial charge in [-0.25, -0.2) is 0 Å². The summed E-state index contributed by atoms with van der Waals surface area (Å²) in [6.45, 7) is 4.28. The number of hydrogen-bond donors (Lipinski definition) is 2. The maximum Gasteiger partial charge on any atom is 0.241 e. The summed E-state index contributed by atoms with van der Waals surface area (Å²) in [4.78, 5) is 14.6. The monoisotopic (exact) mass is 289 g/mol. The van der Waals surface area contributed by atoms with Crippen LogP contribution in [0.1, 0.15) is 39.5 Å². The number of nitrogens with one attached hydrogen (secondary N) is 1. The summed E-state index contributed by atoms with van der Waals surface area (Å²) in [5, 5.41) is 2.95. The minimum Gasteiger partial charge on any atom is -0.399 e. The van der Waals surface area contributed by atoms with Crippen molar-refractivity contribution < 1.29 is 4.79 Å². The number of rotatable bonds is 4. The van der Waals surface area contributed by atoms with Crippen LogP contribution in [0.5, 0.6) is 0 Å². The quantitative estimate of drug-likeness (QED) is 0.837. The Hall–Kier alpha value is -1.55. The molecule has 4 nitrogen and oxygen atoms in total. The predicted octanol–water partition coefficient (Wildman–Crippen LogP) is 3.11. The number of amides is 1. The summed E-state index contributed by atoms with van der Waals surface area (Å²) in [5.41, 5.74) is 7.16. The molecule has 0 saturated heterocycles. The van der Waals surface area contributed by atoms with Crippen molar-refractivity contribution in [3.63, 3.8) is 0 Å². The van der Waals surface area contributed by atoms with Gasteiger partial charge in [0.25, 0.3) is 0 Å². The van der Waals surface area contributed by atoms with Crippen LogP contribution in [0.2, 0.25) is 0 Å². The van der Waals surface area contributed by atoms with Gasteiger partial charge in [-0.05, 0) is 63.8 Å². The van der Waals surface area contributed by atoms with Crippen molar-refractivity contribution in [3.8, 4) is 0 Å². The fourth-order valence-corrected chi connectivity index (χ4v) is 3.01. The number of anilines is 2. The van der Waals surface area contributed by atoms with Crippen molar-refractivity contribution in [1.82, 2.24) is 4.90 Å². The van der Waals surface area contributed by atoms with Crippen LogP contribution in [-0.4, -0.2) is 29.9 Å². The molecular weight excluding hydrogens is 262 g/mol. The number of carbonyl (C=O) groups excluding carboxylic acids is 1. The van der Waals surface area contributed by atoms with Gasteiger partial charge in [0.2, 0.25) is 5.91 Å². The maximum absolute atomic E-state index is 12.4. The second-order valence-electron chi connectivity index (χ2n) is 6.37. The number of nitrogens with two attached hydrogens (primary N) is 1. The third-order valence-corrected chi connectivity index (χ3v) is 4.71. The summed E-state index contributed by atoms with van der Waals surface area (Å²) in [6, 6.07) is 7.69. The van der Waals surface area contributed by atoms with E-state index in [4.69, 9.17) is 5.73 Å². The Morgan fingerprint density at radius 3 is 2.62 bits per heavy atom. The van der Waals surface area contributed by atoms with E-state index >= 15 is 0 Å². The molecule has 1 saturated carbocycles. The second kappa shape index (κ2) is 6.94. The molecular formula is C17H27N3O. The zero-order valence-electron chi connectivity index (χ0n) is 13.3. The molecule has 1 aliphatic rings. The molecule has 116 valence electrons. The van der Waals surface area contributed by atoms with Crippen molar-refractivity contribution in [3.05, 3.63) is 24.3 Å². The van der Waals surface area contributed by atoms with Gasteiger partial charge >= 0.3 is 0 Å². The van der Waals surface area contributed by atoms with E-state index in [0.29, 0.717) is 11.7 Å². The average molecular weight is 289 g/mol. The number of benzene rings is 1. The highest BCUT2D eigenvalue weighted by Gasteiger charge is 2.27. The number of nitrogen functional groups attached to an aromatic ring is 1. The van der Waals surface area contributed by atoms with E-state index in [1.54, 1.807) is 6.07 Å². The normalized spacial score (nSPS) is 23.8. The molecule has 1 aliphatic carbocycles. The number of hydrogen-bond acceptors (Lipinski definition) is 3. The third-order valence-electron chi connectivity index (χ3n) is 4.71. The molecule has 3 N–H and O–H groups in total. The van der Waals surface area contributed by atoms with Gasteiger partial charge in [-0.15, -0.1) is 0 Å². The van der Waals surface area contributed by atoms with Crippen LogP contribution >= 0.6 is 0 Å². The Morgan fingerprint density at radius 2 is 2.00 bits per heavy atom. The van der Waals surface area contributed by atoms with Gasteiger partial charge in [-0.1, -0.05) is 13.0 Å². The van der Waals surface area contributed by atoms with Gasteiger partial charge in [-0.3, -0.25) is 9.69 Å². The standard InChI is InChI=1S/C17H27N3O/c1-12-7-9-16(10-8-12)20(3)13(2)17(21)19-15-6-4-5-14(18)11-15/h4-6,11-13,16H,7-10,18H2,1-3H3,(H,19,21). The maximum atomic E-state index is 12.4. The van der Waals surface area contributed by atoms with E-state index in [1.165, 1.54) is 25.7 Å². The zero-order valence-corrected chi connectivity index (χ0v) is 13.3. The summed E-state index contributed by atoms with van der Waals surface area (Å²) in [5.74, 6) is 0.854. The van der Waals surface area contributed by atoms with Crippen molar-refractivity contribution in [2.75, 3.05) is 18.1 Å². The van der Waals surface area contributed by atoms with Crippen LogP contribution in [0.25, 0.3) is 0 Å². The third kappa shape index (κ3) is 4.21. The van der Waals surface area contributed by atoms with Crippen molar-refractivity contribution >= 4 is 17.3 Å².